The predicted octanol–water partition coefficient (Wildman–Crippen LogP) is 2.63. The summed E-state index contributed by atoms with van der Waals surface area (Å²) < 4.78 is 5.16. The first-order valence-electron chi connectivity index (χ1n) is 4.58. The van der Waals surface area contributed by atoms with Gasteiger partial charge in [-0.3, -0.25) is 4.79 Å². The third kappa shape index (κ3) is 1.33. The minimum atomic E-state index is -0.215. The number of esters is 1. The highest BCUT2D eigenvalue weighted by molar-refractivity contribution is 5.92. The van der Waals surface area contributed by atoms with Crippen LogP contribution in [-0.4, -0.2) is 5.97 Å². The molecule has 1 aromatic rings. The second-order valence-electron chi connectivity index (χ2n) is 3.71. The van der Waals surface area contributed by atoms with E-state index in [0.29, 0.717) is 12.2 Å². The van der Waals surface area contributed by atoms with E-state index < -0.39 is 0 Å². The number of hydrogen-bond acceptors (Lipinski definition) is 2. The highest BCUT2D eigenvalue weighted by Crippen LogP contribution is 2.35. The fourth-order valence-electron chi connectivity index (χ4n) is 1.88. The first kappa shape index (κ1) is 9.00. The third-order valence-corrected chi connectivity index (χ3v) is 2.38. The zero-order valence-corrected chi connectivity index (χ0v) is 8.39. The van der Waals surface area contributed by atoms with Gasteiger partial charge >= 0.3 is 5.97 Å². The summed E-state index contributed by atoms with van der Waals surface area (Å²) in [6.45, 7) is 7.89. The molecule has 0 aliphatic carbocycles. The molecule has 0 unspecified atom stereocenters. The van der Waals surface area contributed by atoms with Gasteiger partial charge in [0.2, 0.25) is 0 Å². The van der Waals surface area contributed by atoms with Crippen molar-refractivity contribution in [2.45, 2.75) is 20.3 Å². The molecule has 0 saturated heterocycles. The minimum absolute atomic E-state index is 0.215. The zero-order valence-electron chi connectivity index (χ0n) is 8.39. The van der Waals surface area contributed by atoms with Gasteiger partial charge in [-0.2, -0.15) is 0 Å². The predicted molar refractivity (Wildman–Crippen MR) is 55.2 cm³/mol. The summed E-state index contributed by atoms with van der Waals surface area (Å²) in [4.78, 5) is 11.2. The highest BCUT2D eigenvalue weighted by Gasteiger charge is 2.21. The molecule has 2 nitrogen and oxygen atoms in total. The molecule has 0 amide bonds. The molecule has 0 saturated carbocycles. The zero-order chi connectivity index (χ0) is 10.3. The summed E-state index contributed by atoms with van der Waals surface area (Å²) >= 11 is 0. The Bertz CT molecular complexity index is 430. The maximum Gasteiger partial charge on any atom is 0.315 e. The molecule has 0 fully saturated rings. The van der Waals surface area contributed by atoms with Gasteiger partial charge in [-0.05, 0) is 36.6 Å². The third-order valence-electron chi connectivity index (χ3n) is 2.38. The van der Waals surface area contributed by atoms with E-state index in [1.54, 1.807) is 0 Å². The van der Waals surface area contributed by atoms with Crippen molar-refractivity contribution in [3.05, 3.63) is 35.4 Å². The summed E-state index contributed by atoms with van der Waals surface area (Å²) in [5.74, 6) is 0.441. The van der Waals surface area contributed by atoms with Crippen molar-refractivity contribution in [1.29, 1.82) is 0 Å². The van der Waals surface area contributed by atoms with Crippen molar-refractivity contribution < 1.29 is 9.53 Å². The molecule has 1 heterocycles. The van der Waals surface area contributed by atoms with Crippen LogP contribution in [0.25, 0.3) is 5.57 Å². The van der Waals surface area contributed by atoms with Crippen molar-refractivity contribution in [3.8, 4) is 5.75 Å². The van der Waals surface area contributed by atoms with E-state index in [4.69, 9.17) is 4.74 Å². The Balaban J connectivity index is 2.64. The molecule has 0 radical (unpaired) electrons. The number of fused-ring (bicyclic) bond motifs is 1. The van der Waals surface area contributed by atoms with Crippen molar-refractivity contribution in [1.82, 2.24) is 0 Å². The number of aryl methyl sites for hydroxylation is 2. The lowest BCUT2D eigenvalue weighted by Crippen LogP contribution is -2.15. The molecule has 14 heavy (non-hydrogen) atoms. The lowest BCUT2D eigenvalue weighted by atomic mass is 9.95. The standard InChI is InChI=1S/C12H12O2/c1-7-4-8(2)12-9(3)6-11(13)14-10(12)5-7/h4-5H,3,6H2,1-2H3. The van der Waals surface area contributed by atoms with E-state index in [-0.39, 0.29) is 5.97 Å². The van der Waals surface area contributed by atoms with Crippen LogP contribution in [0.15, 0.2) is 18.7 Å². The first-order valence-corrected chi connectivity index (χ1v) is 4.58. The molecule has 2 rings (SSSR count). The molecule has 2 heteroatoms. The summed E-state index contributed by atoms with van der Waals surface area (Å²) in [6, 6.07) is 3.95. The smallest absolute Gasteiger partial charge is 0.315 e. The van der Waals surface area contributed by atoms with Crippen molar-refractivity contribution in [2.24, 2.45) is 0 Å². The molecular weight excluding hydrogens is 176 g/mol. The number of rotatable bonds is 0. The largest absolute Gasteiger partial charge is 0.426 e. The van der Waals surface area contributed by atoms with Gasteiger partial charge in [-0.25, -0.2) is 0 Å². The molecule has 1 aliphatic heterocycles. The van der Waals surface area contributed by atoms with Gasteiger partial charge < -0.3 is 4.74 Å². The molecule has 1 aliphatic rings. The number of benzene rings is 1. The molecule has 1 aromatic carbocycles. The summed E-state index contributed by atoms with van der Waals surface area (Å²) in [5.41, 5.74) is 4.07. The Kier molecular flexibility index (Phi) is 1.92. The molecule has 0 aromatic heterocycles. The van der Waals surface area contributed by atoms with Crippen molar-refractivity contribution in [2.75, 3.05) is 0 Å². The minimum Gasteiger partial charge on any atom is -0.426 e. The van der Waals surface area contributed by atoms with Gasteiger partial charge in [0.15, 0.2) is 0 Å². The van der Waals surface area contributed by atoms with E-state index in [9.17, 15) is 4.79 Å². The van der Waals surface area contributed by atoms with Crippen LogP contribution in [0.3, 0.4) is 0 Å². The normalized spacial score (nSPS) is 15.0. The quantitative estimate of drug-likeness (QED) is 0.462. The molecular formula is C12H12O2. The van der Waals surface area contributed by atoms with Gasteiger partial charge in [0, 0.05) is 5.56 Å². The first-order chi connectivity index (χ1) is 6.58. The van der Waals surface area contributed by atoms with E-state index >= 15 is 0 Å². The van der Waals surface area contributed by atoms with Gasteiger partial charge in [0.05, 0.1) is 6.42 Å². The van der Waals surface area contributed by atoms with E-state index in [1.807, 2.05) is 19.9 Å². The van der Waals surface area contributed by atoms with Crippen molar-refractivity contribution in [3.63, 3.8) is 0 Å². The molecule has 0 bridgehead atoms. The van der Waals surface area contributed by atoms with Crippen LogP contribution in [0, 0.1) is 13.8 Å². The van der Waals surface area contributed by atoms with Gasteiger partial charge in [-0.15, -0.1) is 0 Å². The van der Waals surface area contributed by atoms with Gasteiger partial charge in [0.1, 0.15) is 5.75 Å². The summed E-state index contributed by atoms with van der Waals surface area (Å²) in [6.07, 6.45) is 0.302. The van der Waals surface area contributed by atoms with Crippen LogP contribution in [-0.2, 0) is 4.79 Å². The lowest BCUT2D eigenvalue weighted by Gasteiger charge is -2.20. The SMILES string of the molecule is C=C1CC(=O)Oc2cc(C)cc(C)c21. The topological polar surface area (TPSA) is 26.3 Å². The van der Waals surface area contributed by atoms with E-state index in [1.165, 1.54) is 0 Å². The van der Waals surface area contributed by atoms with E-state index in [2.05, 4.69) is 12.6 Å². The Morgan fingerprint density at radius 3 is 2.79 bits per heavy atom. The fraction of sp³-hybridized carbons (Fsp3) is 0.250. The van der Waals surface area contributed by atoms with Crippen LogP contribution in [0.4, 0.5) is 0 Å². The van der Waals surface area contributed by atoms with Gasteiger partial charge in [-0.1, -0.05) is 12.6 Å². The Morgan fingerprint density at radius 2 is 2.07 bits per heavy atom. The van der Waals surface area contributed by atoms with Crippen LogP contribution in [0.1, 0.15) is 23.1 Å². The average Bonchev–Trinajstić information content (AvgIpc) is 1.99. The van der Waals surface area contributed by atoms with Crippen molar-refractivity contribution >= 4 is 11.5 Å². The maximum absolute atomic E-state index is 11.2. The molecule has 0 N–H and O–H groups in total. The number of carbonyl (C=O) groups is 1. The second-order valence-corrected chi connectivity index (χ2v) is 3.71. The van der Waals surface area contributed by atoms with Crippen LogP contribution in [0.5, 0.6) is 5.75 Å². The number of hydrogen-bond donors (Lipinski definition) is 0. The lowest BCUT2D eigenvalue weighted by molar-refractivity contribution is -0.133. The Hall–Kier alpha value is -1.57. The second kappa shape index (κ2) is 2.98. The number of carbonyl (C=O) groups excluding carboxylic acids is 1. The molecule has 0 atom stereocenters. The van der Waals surface area contributed by atoms with Crippen LogP contribution in [0.2, 0.25) is 0 Å². The van der Waals surface area contributed by atoms with E-state index in [0.717, 1.165) is 22.3 Å². The molecule has 72 valence electrons. The van der Waals surface area contributed by atoms with Crippen LogP contribution >= 0.6 is 0 Å². The average molecular weight is 188 g/mol. The van der Waals surface area contributed by atoms with Crippen LogP contribution < -0.4 is 4.74 Å². The monoisotopic (exact) mass is 188 g/mol. The fourth-order valence-corrected chi connectivity index (χ4v) is 1.88. The highest BCUT2D eigenvalue weighted by atomic mass is 16.5. The summed E-state index contributed by atoms with van der Waals surface area (Å²) in [7, 11) is 0. The van der Waals surface area contributed by atoms with Gasteiger partial charge in [0.25, 0.3) is 0 Å². The Labute approximate surface area is 83.2 Å². The Morgan fingerprint density at radius 1 is 1.36 bits per heavy atom. The maximum atomic E-state index is 11.2. The summed E-state index contributed by atoms with van der Waals surface area (Å²) in [5, 5.41) is 0. The molecule has 0 spiro atoms. The number of ether oxygens (including phenoxy) is 1.